The van der Waals surface area contributed by atoms with Gasteiger partial charge in [0.1, 0.15) is 5.75 Å². The van der Waals surface area contributed by atoms with Gasteiger partial charge in [-0.3, -0.25) is 4.79 Å². The maximum Gasteiger partial charge on any atom is 0.251 e. The molecule has 5 heteroatoms. The zero-order chi connectivity index (χ0) is 13.5. The predicted octanol–water partition coefficient (Wildman–Crippen LogP) is 3.33. The molecule has 0 saturated carbocycles. The molecule has 0 saturated heterocycles. The molecule has 1 aromatic rings. The summed E-state index contributed by atoms with van der Waals surface area (Å²) >= 11 is 5.19. The Bertz CT molecular complexity index is 412. The molecule has 1 atom stereocenters. The molecular formula is C13H18BrNO2S. The molecular weight excluding hydrogens is 314 g/mol. The normalized spacial score (nSPS) is 12.0. The van der Waals surface area contributed by atoms with Crippen molar-refractivity contribution in [2.75, 3.05) is 18.6 Å². The van der Waals surface area contributed by atoms with E-state index in [9.17, 15) is 4.79 Å². The molecule has 1 rings (SSSR count). The van der Waals surface area contributed by atoms with E-state index in [1.54, 1.807) is 25.3 Å². The number of hydrogen-bond acceptors (Lipinski definition) is 3. The summed E-state index contributed by atoms with van der Waals surface area (Å²) in [7, 11) is 1.60. The summed E-state index contributed by atoms with van der Waals surface area (Å²) in [6.45, 7) is 4.12. The van der Waals surface area contributed by atoms with E-state index in [2.05, 4.69) is 28.2 Å². The fourth-order valence-electron chi connectivity index (χ4n) is 1.45. The number of rotatable bonds is 6. The first kappa shape index (κ1) is 15.4. The molecule has 100 valence electrons. The molecule has 0 aromatic heterocycles. The lowest BCUT2D eigenvalue weighted by Crippen LogP contribution is -2.34. The van der Waals surface area contributed by atoms with E-state index in [1.165, 1.54) is 0 Å². The molecule has 0 fully saturated rings. The minimum absolute atomic E-state index is 0.0532. The van der Waals surface area contributed by atoms with Crippen LogP contribution in [0.3, 0.4) is 0 Å². The minimum atomic E-state index is -0.0532. The van der Waals surface area contributed by atoms with Crippen LogP contribution in [0, 0.1) is 0 Å². The van der Waals surface area contributed by atoms with Gasteiger partial charge >= 0.3 is 0 Å². The predicted molar refractivity (Wildman–Crippen MR) is 80.6 cm³/mol. The van der Waals surface area contributed by atoms with Crippen LogP contribution < -0.4 is 10.1 Å². The number of carbonyl (C=O) groups excluding carboxylic acids is 1. The second-order valence-electron chi connectivity index (χ2n) is 3.88. The lowest BCUT2D eigenvalue weighted by Gasteiger charge is -2.13. The van der Waals surface area contributed by atoms with Crippen LogP contribution in [-0.2, 0) is 0 Å². The third-order valence-electron chi connectivity index (χ3n) is 2.36. The van der Waals surface area contributed by atoms with Crippen molar-refractivity contribution in [3.8, 4) is 5.75 Å². The van der Waals surface area contributed by atoms with Gasteiger partial charge in [-0.25, -0.2) is 0 Å². The molecule has 3 nitrogen and oxygen atoms in total. The molecule has 0 bridgehead atoms. The van der Waals surface area contributed by atoms with Crippen LogP contribution in [0.4, 0.5) is 0 Å². The molecule has 0 aliphatic heterocycles. The van der Waals surface area contributed by atoms with Gasteiger partial charge in [0, 0.05) is 17.4 Å². The largest absolute Gasteiger partial charge is 0.496 e. The molecule has 1 amide bonds. The molecule has 0 heterocycles. The summed E-state index contributed by atoms with van der Waals surface area (Å²) < 4.78 is 5.92. The summed E-state index contributed by atoms with van der Waals surface area (Å²) in [5, 5.41) is 2.97. The Labute approximate surface area is 121 Å². The Kier molecular flexibility index (Phi) is 6.57. The van der Waals surface area contributed by atoms with Gasteiger partial charge in [0.05, 0.1) is 11.6 Å². The van der Waals surface area contributed by atoms with Crippen molar-refractivity contribution in [2.45, 2.75) is 19.9 Å². The number of thioether (sulfide) groups is 1. The van der Waals surface area contributed by atoms with Gasteiger partial charge in [-0.15, -0.1) is 0 Å². The monoisotopic (exact) mass is 331 g/mol. The van der Waals surface area contributed by atoms with E-state index in [0.29, 0.717) is 5.56 Å². The maximum atomic E-state index is 12.0. The van der Waals surface area contributed by atoms with E-state index in [4.69, 9.17) is 4.74 Å². The quantitative estimate of drug-likeness (QED) is 0.868. The lowest BCUT2D eigenvalue weighted by atomic mass is 10.2. The summed E-state index contributed by atoms with van der Waals surface area (Å²) in [5.41, 5.74) is 0.635. The number of benzene rings is 1. The van der Waals surface area contributed by atoms with Crippen molar-refractivity contribution >= 4 is 33.6 Å². The first-order valence-electron chi connectivity index (χ1n) is 5.80. The molecule has 0 spiro atoms. The fourth-order valence-corrected chi connectivity index (χ4v) is 2.66. The highest BCUT2D eigenvalue weighted by atomic mass is 79.9. The number of halogens is 1. The Balaban J connectivity index is 2.64. The van der Waals surface area contributed by atoms with Crippen LogP contribution in [-0.4, -0.2) is 30.6 Å². The lowest BCUT2D eigenvalue weighted by molar-refractivity contribution is 0.0943. The summed E-state index contributed by atoms with van der Waals surface area (Å²) in [5.74, 6) is 2.66. The van der Waals surface area contributed by atoms with Crippen LogP contribution in [0.2, 0.25) is 0 Å². The molecule has 0 aliphatic carbocycles. The van der Waals surface area contributed by atoms with Crippen molar-refractivity contribution in [3.05, 3.63) is 28.2 Å². The standard InChI is InChI=1S/C13H18BrNO2S/c1-4-18-8-9(2)15-13(16)10-5-6-12(17-3)11(14)7-10/h5-7,9H,4,8H2,1-3H3,(H,15,16). The summed E-state index contributed by atoms with van der Waals surface area (Å²) in [6.07, 6.45) is 0. The van der Waals surface area contributed by atoms with E-state index in [1.807, 2.05) is 18.7 Å². The van der Waals surface area contributed by atoms with E-state index in [-0.39, 0.29) is 11.9 Å². The van der Waals surface area contributed by atoms with E-state index >= 15 is 0 Å². The number of nitrogens with one attached hydrogen (secondary N) is 1. The molecule has 18 heavy (non-hydrogen) atoms. The van der Waals surface area contributed by atoms with Crippen LogP contribution in [0.25, 0.3) is 0 Å². The number of carbonyl (C=O) groups is 1. The van der Waals surface area contributed by atoms with E-state index in [0.717, 1.165) is 21.7 Å². The van der Waals surface area contributed by atoms with Gasteiger partial charge in [-0.05, 0) is 46.8 Å². The van der Waals surface area contributed by atoms with Gasteiger partial charge in [0.15, 0.2) is 0 Å². The minimum Gasteiger partial charge on any atom is -0.496 e. The topological polar surface area (TPSA) is 38.3 Å². The van der Waals surface area contributed by atoms with Crippen molar-refractivity contribution in [2.24, 2.45) is 0 Å². The second kappa shape index (κ2) is 7.69. The first-order valence-corrected chi connectivity index (χ1v) is 7.75. The zero-order valence-corrected chi connectivity index (χ0v) is 13.2. The first-order chi connectivity index (χ1) is 8.58. The third kappa shape index (κ3) is 4.53. The van der Waals surface area contributed by atoms with Gasteiger partial charge in [-0.2, -0.15) is 11.8 Å². The van der Waals surface area contributed by atoms with Crippen molar-refractivity contribution in [3.63, 3.8) is 0 Å². The second-order valence-corrected chi connectivity index (χ2v) is 6.06. The average Bonchev–Trinajstić information content (AvgIpc) is 2.36. The van der Waals surface area contributed by atoms with Gasteiger partial charge in [0.25, 0.3) is 5.91 Å². The smallest absolute Gasteiger partial charge is 0.251 e. The highest BCUT2D eigenvalue weighted by Gasteiger charge is 2.11. The zero-order valence-electron chi connectivity index (χ0n) is 10.8. The SMILES string of the molecule is CCSCC(C)NC(=O)c1ccc(OC)c(Br)c1. The number of ether oxygens (including phenoxy) is 1. The average molecular weight is 332 g/mol. The van der Waals surface area contributed by atoms with E-state index < -0.39 is 0 Å². The van der Waals surface area contributed by atoms with Crippen LogP contribution in [0.15, 0.2) is 22.7 Å². The number of methoxy groups -OCH3 is 1. The van der Waals surface area contributed by atoms with Crippen LogP contribution >= 0.6 is 27.7 Å². The maximum absolute atomic E-state index is 12.0. The Hall–Kier alpha value is -0.680. The van der Waals surface area contributed by atoms with Gasteiger partial charge in [-0.1, -0.05) is 6.92 Å². The van der Waals surface area contributed by atoms with Crippen LogP contribution in [0.5, 0.6) is 5.75 Å². The highest BCUT2D eigenvalue weighted by molar-refractivity contribution is 9.10. The van der Waals surface area contributed by atoms with Crippen molar-refractivity contribution in [1.29, 1.82) is 0 Å². The summed E-state index contributed by atoms with van der Waals surface area (Å²) in [6, 6.07) is 5.49. The van der Waals surface area contributed by atoms with Gasteiger partial charge in [0.2, 0.25) is 0 Å². The number of amides is 1. The molecule has 1 N–H and O–H groups in total. The number of hydrogen-bond donors (Lipinski definition) is 1. The fraction of sp³-hybridized carbons (Fsp3) is 0.462. The van der Waals surface area contributed by atoms with Crippen molar-refractivity contribution < 1.29 is 9.53 Å². The van der Waals surface area contributed by atoms with Crippen molar-refractivity contribution in [1.82, 2.24) is 5.32 Å². The Morgan fingerprint density at radius 1 is 1.56 bits per heavy atom. The molecule has 0 radical (unpaired) electrons. The molecule has 1 unspecified atom stereocenters. The summed E-state index contributed by atoms with van der Waals surface area (Å²) in [4.78, 5) is 12.0. The van der Waals surface area contributed by atoms with Gasteiger partial charge < -0.3 is 10.1 Å². The third-order valence-corrected chi connectivity index (χ3v) is 4.13. The Morgan fingerprint density at radius 3 is 2.83 bits per heavy atom. The Morgan fingerprint density at radius 2 is 2.28 bits per heavy atom. The molecule has 0 aliphatic rings. The van der Waals surface area contributed by atoms with Crippen LogP contribution in [0.1, 0.15) is 24.2 Å². The highest BCUT2D eigenvalue weighted by Crippen LogP contribution is 2.25. The molecule has 1 aromatic carbocycles.